The van der Waals surface area contributed by atoms with E-state index in [4.69, 9.17) is 0 Å². The Morgan fingerprint density at radius 2 is 2.23 bits per heavy atom. The van der Waals surface area contributed by atoms with E-state index in [1.54, 1.807) is 50.1 Å². The molecule has 1 atom stereocenters. The third kappa shape index (κ3) is 2.37. The number of nitrogens with zero attached hydrogens (tertiary/aromatic N) is 5. The van der Waals surface area contributed by atoms with Crippen molar-refractivity contribution in [1.29, 1.82) is 0 Å². The van der Waals surface area contributed by atoms with Crippen molar-refractivity contribution in [3.63, 3.8) is 0 Å². The zero-order valence-electron chi connectivity index (χ0n) is 12.9. The third-order valence-electron chi connectivity index (χ3n) is 4.17. The highest BCUT2D eigenvalue weighted by atomic mass is 16.2. The van der Waals surface area contributed by atoms with Gasteiger partial charge in [-0.3, -0.25) is 19.7 Å². The lowest BCUT2D eigenvalue weighted by molar-refractivity contribution is -0.141. The minimum Gasteiger partial charge on any atom is -0.347 e. The number of likely N-dealkylation sites (tertiary alicyclic amines) is 1. The highest BCUT2D eigenvalue weighted by molar-refractivity contribution is 5.87. The second-order valence-corrected chi connectivity index (χ2v) is 5.75. The summed E-state index contributed by atoms with van der Waals surface area (Å²) < 4.78 is 0. The molecule has 7 heteroatoms. The summed E-state index contributed by atoms with van der Waals surface area (Å²) in [5, 5.41) is 0. The Bertz CT molecular complexity index is 627. The van der Waals surface area contributed by atoms with Crippen LogP contribution in [0.4, 0.5) is 0 Å². The second kappa shape index (κ2) is 5.84. The molecule has 7 nitrogen and oxygen atoms in total. The zero-order valence-corrected chi connectivity index (χ0v) is 12.9. The first-order valence-electron chi connectivity index (χ1n) is 7.35. The van der Waals surface area contributed by atoms with Crippen molar-refractivity contribution in [2.75, 3.05) is 20.6 Å². The smallest absolute Gasteiger partial charge is 0.248 e. The van der Waals surface area contributed by atoms with Crippen LogP contribution in [0.2, 0.25) is 0 Å². The molecule has 22 heavy (non-hydrogen) atoms. The van der Waals surface area contributed by atoms with Crippen LogP contribution in [-0.2, 0) is 16.9 Å². The number of hydrogen-bond donors (Lipinski definition) is 1. The van der Waals surface area contributed by atoms with Gasteiger partial charge in [0.15, 0.2) is 0 Å². The zero-order chi connectivity index (χ0) is 15.6. The Morgan fingerprint density at radius 1 is 1.36 bits per heavy atom. The topological polar surface area (TPSA) is 78.0 Å². The highest BCUT2D eigenvalue weighted by Gasteiger charge is 2.50. The van der Waals surface area contributed by atoms with E-state index in [2.05, 4.69) is 24.8 Å². The molecule has 3 rings (SSSR count). The van der Waals surface area contributed by atoms with E-state index < -0.39 is 5.54 Å². The number of nitrogens with one attached hydrogen (secondary N) is 1. The lowest BCUT2D eigenvalue weighted by Gasteiger charge is -2.38. The first kappa shape index (κ1) is 14.6. The molecule has 1 saturated heterocycles. The number of carbonyl (C=O) groups excluding carboxylic acids is 1. The molecule has 0 aromatic carbocycles. The van der Waals surface area contributed by atoms with Crippen molar-refractivity contribution in [2.45, 2.75) is 24.9 Å². The minimum atomic E-state index is -0.747. The summed E-state index contributed by atoms with van der Waals surface area (Å²) in [6, 6.07) is 0. The fourth-order valence-corrected chi connectivity index (χ4v) is 3.19. The molecule has 3 heterocycles. The van der Waals surface area contributed by atoms with Gasteiger partial charge in [0.2, 0.25) is 5.91 Å². The predicted molar refractivity (Wildman–Crippen MR) is 80.6 cm³/mol. The van der Waals surface area contributed by atoms with E-state index >= 15 is 0 Å². The molecule has 1 fully saturated rings. The van der Waals surface area contributed by atoms with Gasteiger partial charge >= 0.3 is 0 Å². The number of aromatic amines is 1. The maximum Gasteiger partial charge on any atom is 0.248 e. The van der Waals surface area contributed by atoms with Crippen LogP contribution in [0.1, 0.15) is 24.2 Å². The summed E-state index contributed by atoms with van der Waals surface area (Å²) >= 11 is 0. The van der Waals surface area contributed by atoms with Crippen molar-refractivity contribution < 1.29 is 4.79 Å². The van der Waals surface area contributed by atoms with Crippen molar-refractivity contribution in [1.82, 2.24) is 29.7 Å². The number of H-pyrrole nitrogens is 1. The van der Waals surface area contributed by atoms with Gasteiger partial charge in [0.05, 0.1) is 18.2 Å². The summed E-state index contributed by atoms with van der Waals surface area (Å²) in [6.45, 7) is 1.48. The number of amides is 1. The van der Waals surface area contributed by atoms with Crippen LogP contribution in [0.5, 0.6) is 0 Å². The van der Waals surface area contributed by atoms with Crippen molar-refractivity contribution in [3.05, 3.63) is 42.5 Å². The molecule has 0 saturated carbocycles. The molecule has 1 amide bonds. The molecule has 116 valence electrons. The van der Waals surface area contributed by atoms with Gasteiger partial charge in [-0.2, -0.15) is 0 Å². The summed E-state index contributed by atoms with van der Waals surface area (Å²) in [4.78, 5) is 32.6. The van der Waals surface area contributed by atoms with E-state index in [0.29, 0.717) is 12.2 Å². The fraction of sp³-hybridized carbons (Fsp3) is 0.467. The van der Waals surface area contributed by atoms with Crippen LogP contribution >= 0.6 is 0 Å². The van der Waals surface area contributed by atoms with Crippen LogP contribution in [0.3, 0.4) is 0 Å². The lowest BCUT2D eigenvalue weighted by atomic mass is 9.90. The van der Waals surface area contributed by atoms with Crippen molar-refractivity contribution in [2.24, 2.45) is 0 Å². The Hall–Kier alpha value is -2.28. The van der Waals surface area contributed by atoms with E-state index in [1.807, 2.05) is 0 Å². The van der Waals surface area contributed by atoms with Crippen LogP contribution < -0.4 is 0 Å². The number of hydrogen-bond acceptors (Lipinski definition) is 5. The molecular formula is C15H20N6O. The molecular weight excluding hydrogens is 280 g/mol. The molecule has 0 bridgehead atoms. The average molecular weight is 300 g/mol. The maximum absolute atomic E-state index is 13.0. The van der Waals surface area contributed by atoms with Crippen LogP contribution in [-0.4, -0.2) is 56.3 Å². The average Bonchev–Trinajstić information content (AvgIpc) is 3.18. The largest absolute Gasteiger partial charge is 0.347 e. The number of aromatic nitrogens is 4. The number of carbonyl (C=O) groups is 1. The quantitative estimate of drug-likeness (QED) is 0.903. The first-order chi connectivity index (χ1) is 10.6. The van der Waals surface area contributed by atoms with Crippen LogP contribution in [0, 0.1) is 0 Å². The monoisotopic (exact) mass is 300 g/mol. The fourth-order valence-electron chi connectivity index (χ4n) is 3.19. The third-order valence-corrected chi connectivity index (χ3v) is 4.17. The molecule has 1 aliphatic heterocycles. The summed E-state index contributed by atoms with van der Waals surface area (Å²) in [6.07, 6.45) is 10.1. The minimum absolute atomic E-state index is 0.0463. The van der Waals surface area contributed by atoms with Crippen LogP contribution in [0.25, 0.3) is 0 Å². The van der Waals surface area contributed by atoms with Gasteiger partial charge in [0.1, 0.15) is 5.54 Å². The molecule has 1 aliphatic rings. The van der Waals surface area contributed by atoms with Crippen molar-refractivity contribution >= 4 is 5.91 Å². The Morgan fingerprint density at radius 3 is 2.86 bits per heavy atom. The van der Waals surface area contributed by atoms with E-state index in [-0.39, 0.29) is 5.91 Å². The van der Waals surface area contributed by atoms with Gasteiger partial charge in [-0.15, -0.1) is 0 Å². The van der Waals surface area contributed by atoms with Gasteiger partial charge in [-0.25, -0.2) is 4.98 Å². The Labute approximate surface area is 129 Å². The number of rotatable bonds is 4. The second-order valence-electron chi connectivity index (χ2n) is 5.75. The van der Waals surface area contributed by atoms with Gasteiger partial charge in [0, 0.05) is 51.5 Å². The van der Waals surface area contributed by atoms with Crippen LogP contribution in [0.15, 0.2) is 31.1 Å². The molecule has 1 unspecified atom stereocenters. The standard InChI is InChI=1S/C15H20N6O/c1-20(2)14(22)15(13-9-16-5-6-18-13)4-3-7-21(15)10-12-8-17-11-19-12/h5-6,8-9,11H,3-4,7,10H2,1-2H3,(H,17,19). The normalized spacial score (nSPS) is 21.9. The summed E-state index contributed by atoms with van der Waals surface area (Å²) in [5.74, 6) is 0.0463. The Kier molecular flexibility index (Phi) is 3.89. The maximum atomic E-state index is 13.0. The van der Waals surface area contributed by atoms with Gasteiger partial charge in [0.25, 0.3) is 0 Å². The SMILES string of the molecule is CN(C)C(=O)C1(c2cnccn2)CCCN1Cc1cnc[nH]1. The summed E-state index contributed by atoms with van der Waals surface area (Å²) in [5.41, 5.74) is 0.954. The van der Waals surface area contributed by atoms with Crippen molar-refractivity contribution in [3.8, 4) is 0 Å². The van der Waals surface area contributed by atoms with E-state index in [0.717, 1.165) is 25.1 Å². The van der Waals surface area contributed by atoms with Gasteiger partial charge in [-0.05, 0) is 12.8 Å². The van der Waals surface area contributed by atoms with E-state index in [9.17, 15) is 4.79 Å². The van der Waals surface area contributed by atoms with Gasteiger partial charge < -0.3 is 9.88 Å². The number of imidazole rings is 1. The predicted octanol–water partition coefficient (Wildman–Crippen LogP) is 0.779. The van der Waals surface area contributed by atoms with E-state index in [1.165, 1.54) is 0 Å². The Balaban J connectivity index is 2.02. The highest BCUT2D eigenvalue weighted by Crippen LogP contribution is 2.39. The number of likely N-dealkylation sites (N-methyl/N-ethyl adjacent to an activating group) is 1. The molecule has 2 aromatic rings. The molecule has 2 aromatic heterocycles. The molecule has 1 N–H and O–H groups in total. The lowest BCUT2D eigenvalue weighted by Crippen LogP contribution is -2.52. The first-order valence-corrected chi connectivity index (χ1v) is 7.35. The molecule has 0 aliphatic carbocycles. The van der Waals surface area contributed by atoms with Gasteiger partial charge in [-0.1, -0.05) is 0 Å². The molecule has 0 radical (unpaired) electrons. The molecule has 0 spiro atoms. The summed E-state index contributed by atoms with van der Waals surface area (Å²) in [7, 11) is 3.57.